The van der Waals surface area contributed by atoms with E-state index in [4.69, 9.17) is 43.0 Å². The molecule has 0 radical (unpaired) electrons. The monoisotopic (exact) mass is 540 g/mol. The van der Waals surface area contributed by atoms with Crippen molar-refractivity contribution in [2.24, 2.45) is 0 Å². The first-order valence-electron chi connectivity index (χ1n) is 12.5. The van der Waals surface area contributed by atoms with Gasteiger partial charge in [0.15, 0.2) is 0 Å². The molecule has 0 bridgehead atoms. The van der Waals surface area contributed by atoms with Gasteiger partial charge in [0, 0.05) is 12.8 Å². The second-order valence-electron chi connectivity index (χ2n) is 7.43. The van der Waals surface area contributed by atoms with Crippen LogP contribution < -0.4 is 0 Å². The van der Waals surface area contributed by atoms with E-state index in [1.807, 2.05) is 0 Å². The molecule has 0 atom stereocenters. The highest BCUT2D eigenvalue weighted by molar-refractivity contribution is 5.70. The molecule has 0 rings (SSSR count). The second kappa shape index (κ2) is 28.7. The minimum atomic E-state index is -0.865. The van der Waals surface area contributed by atoms with E-state index < -0.39 is 5.97 Å². The molecule has 218 valence electrons. The Morgan fingerprint density at radius 3 is 1.19 bits per heavy atom. The van der Waals surface area contributed by atoms with E-state index in [-0.39, 0.29) is 44.4 Å². The predicted octanol–water partition coefficient (Wildman–Crippen LogP) is 0.854. The average molecular weight is 541 g/mol. The van der Waals surface area contributed by atoms with Gasteiger partial charge < -0.3 is 47.7 Å². The normalized spacial score (nSPS) is 10.9. The Hall–Kier alpha value is -1.87. The number of rotatable bonds is 29. The maximum absolute atomic E-state index is 11.4. The van der Waals surface area contributed by atoms with Crippen molar-refractivity contribution < 1.29 is 62.1 Å². The van der Waals surface area contributed by atoms with E-state index in [0.29, 0.717) is 98.7 Å². The topological polar surface area (TPSA) is 155 Å². The maximum Gasteiger partial charge on any atom is 0.307 e. The molecule has 0 spiro atoms. The third-order valence-corrected chi connectivity index (χ3v) is 4.42. The van der Waals surface area contributed by atoms with E-state index in [2.05, 4.69) is 4.74 Å². The van der Waals surface area contributed by atoms with Gasteiger partial charge in [0.05, 0.1) is 106 Å². The number of ether oxygens (including phenoxy) is 9. The summed E-state index contributed by atoms with van der Waals surface area (Å²) in [7, 11) is 1.34. The molecule has 0 aliphatic heterocycles. The van der Waals surface area contributed by atoms with Gasteiger partial charge in [-0.3, -0.25) is 14.4 Å². The first-order valence-corrected chi connectivity index (χ1v) is 12.5. The maximum atomic E-state index is 11.4. The van der Waals surface area contributed by atoms with Gasteiger partial charge in [-0.15, -0.1) is 0 Å². The van der Waals surface area contributed by atoms with Gasteiger partial charge in [-0.05, 0) is 12.8 Å². The van der Waals surface area contributed by atoms with E-state index in [1.54, 1.807) is 0 Å². The molecule has 0 aromatic rings. The predicted molar refractivity (Wildman–Crippen MR) is 129 cm³/mol. The van der Waals surface area contributed by atoms with Crippen molar-refractivity contribution in [1.29, 1.82) is 0 Å². The summed E-state index contributed by atoms with van der Waals surface area (Å²) in [5, 5.41) is 8.52. The fourth-order valence-corrected chi connectivity index (χ4v) is 2.51. The van der Waals surface area contributed by atoms with Gasteiger partial charge in [0.25, 0.3) is 0 Å². The number of carbonyl (C=O) groups is 3. The van der Waals surface area contributed by atoms with E-state index >= 15 is 0 Å². The number of carbonyl (C=O) groups excluding carboxylic acids is 2. The van der Waals surface area contributed by atoms with Gasteiger partial charge in [0.1, 0.15) is 6.61 Å². The van der Waals surface area contributed by atoms with Crippen molar-refractivity contribution in [2.75, 3.05) is 106 Å². The smallest absolute Gasteiger partial charge is 0.307 e. The largest absolute Gasteiger partial charge is 0.481 e. The zero-order valence-corrected chi connectivity index (χ0v) is 22.0. The third-order valence-electron chi connectivity index (χ3n) is 4.42. The number of hydrogen-bond donors (Lipinski definition) is 1. The fraction of sp³-hybridized carbons (Fsp3) is 0.875. The molecule has 0 fully saturated rings. The van der Waals surface area contributed by atoms with E-state index in [9.17, 15) is 14.4 Å². The molecular formula is C24H44O13. The molecule has 0 aromatic carbocycles. The lowest BCUT2D eigenvalue weighted by molar-refractivity contribution is -0.146. The first kappa shape index (κ1) is 35.1. The Morgan fingerprint density at radius 2 is 0.811 bits per heavy atom. The average Bonchev–Trinajstić information content (AvgIpc) is 2.88. The number of methoxy groups -OCH3 is 1. The Kier molecular flexibility index (Phi) is 27.2. The number of carboxylic acids is 1. The van der Waals surface area contributed by atoms with Gasteiger partial charge >= 0.3 is 17.9 Å². The number of esters is 2. The van der Waals surface area contributed by atoms with Gasteiger partial charge in [-0.1, -0.05) is 0 Å². The van der Waals surface area contributed by atoms with Crippen LogP contribution in [0.2, 0.25) is 0 Å². The molecule has 13 nitrogen and oxygen atoms in total. The Balaban J connectivity index is 3.12. The van der Waals surface area contributed by atoms with Crippen LogP contribution in [0, 0.1) is 0 Å². The van der Waals surface area contributed by atoms with Crippen LogP contribution in [0.3, 0.4) is 0 Å². The van der Waals surface area contributed by atoms with Crippen LogP contribution in [0.1, 0.15) is 32.1 Å². The number of hydrogen-bond acceptors (Lipinski definition) is 12. The second-order valence-corrected chi connectivity index (χ2v) is 7.43. The fourth-order valence-electron chi connectivity index (χ4n) is 2.51. The van der Waals surface area contributed by atoms with Crippen LogP contribution in [0.4, 0.5) is 0 Å². The van der Waals surface area contributed by atoms with E-state index in [0.717, 1.165) is 0 Å². The van der Waals surface area contributed by atoms with Crippen molar-refractivity contribution in [3.8, 4) is 0 Å². The van der Waals surface area contributed by atoms with Crippen LogP contribution in [0.5, 0.6) is 0 Å². The highest BCUT2D eigenvalue weighted by Crippen LogP contribution is 2.01. The Bertz CT molecular complexity index is 545. The van der Waals surface area contributed by atoms with Crippen molar-refractivity contribution in [3.05, 3.63) is 0 Å². The lowest BCUT2D eigenvalue weighted by atomic mass is 10.2. The van der Waals surface area contributed by atoms with E-state index in [1.165, 1.54) is 7.11 Å². The molecule has 0 unspecified atom stereocenters. The highest BCUT2D eigenvalue weighted by atomic mass is 16.6. The standard InChI is InChI=1S/C24H44O13/c1-29-23(27)6-7-30-8-9-31-10-11-32-12-13-33-14-15-34-16-17-35-18-19-36-20-21-37-24(28)5-3-2-4-22(25)26/h2-21H2,1H3,(H,25,26). The summed E-state index contributed by atoms with van der Waals surface area (Å²) >= 11 is 0. The Labute approximate surface area is 218 Å². The van der Waals surface area contributed by atoms with Gasteiger partial charge in [-0.25, -0.2) is 0 Å². The van der Waals surface area contributed by atoms with Crippen LogP contribution in [0.15, 0.2) is 0 Å². The number of carboxylic acid groups (broad SMARTS) is 1. The molecule has 13 heteroatoms. The molecule has 0 saturated heterocycles. The molecule has 0 amide bonds. The first-order chi connectivity index (χ1) is 18.1. The minimum absolute atomic E-state index is 0.0594. The molecule has 1 N–H and O–H groups in total. The molecule has 37 heavy (non-hydrogen) atoms. The summed E-state index contributed by atoms with van der Waals surface area (Å²) in [4.78, 5) is 32.7. The molecule has 0 heterocycles. The van der Waals surface area contributed by atoms with Crippen molar-refractivity contribution >= 4 is 17.9 Å². The summed E-state index contributed by atoms with van der Waals surface area (Å²) in [6, 6.07) is 0. The highest BCUT2D eigenvalue weighted by Gasteiger charge is 2.04. The van der Waals surface area contributed by atoms with Crippen molar-refractivity contribution in [2.45, 2.75) is 32.1 Å². The molecule has 0 saturated carbocycles. The summed E-state index contributed by atoms with van der Waals surface area (Å²) in [6.07, 6.45) is 1.47. The molecule has 0 aliphatic carbocycles. The summed E-state index contributed by atoms with van der Waals surface area (Å²) in [5.74, 6) is -1.51. The molecule has 0 aromatic heterocycles. The van der Waals surface area contributed by atoms with Crippen LogP contribution in [0.25, 0.3) is 0 Å². The summed E-state index contributed by atoms with van der Waals surface area (Å²) in [6.45, 7) is 6.07. The summed E-state index contributed by atoms with van der Waals surface area (Å²) in [5.41, 5.74) is 0. The molecular weight excluding hydrogens is 496 g/mol. The number of aliphatic carboxylic acids is 1. The van der Waals surface area contributed by atoms with Crippen LogP contribution in [-0.2, 0) is 57.0 Å². The zero-order valence-electron chi connectivity index (χ0n) is 22.0. The Morgan fingerprint density at radius 1 is 0.459 bits per heavy atom. The SMILES string of the molecule is COC(=O)CCOCCOCCOCCOCCOCCOCCOCCOC(=O)CCCCC(=O)O. The summed E-state index contributed by atoms with van der Waals surface area (Å²) < 4.78 is 46.9. The lowest BCUT2D eigenvalue weighted by Gasteiger charge is -2.08. The van der Waals surface area contributed by atoms with Crippen molar-refractivity contribution in [1.82, 2.24) is 0 Å². The van der Waals surface area contributed by atoms with Crippen LogP contribution >= 0.6 is 0 Å². The number of unbranched alkanes of at least 4 members (excludes halogenated alkanes) is 1. The minimum Gasteiger partial charge on any atom is -0.481 e. The van der Waals surface area contributed by atoms with Gasteiger partial charge in [0.2, 0.25) is 0 Å². The van der Waals surface area contributed by atoms with Gasteiger partial charge in [-0.2, -0.15) is 0 Å². The van der Waals surface area contributed by atoms with Crippen LogP contribution in [-0.4, -0.2) is 129 Å². The van der Waals surface area contributed by atoms with Crippen molar-refractivity contribution in [3.63, 3.8) is 0 Å². The lowest BCUT2D eigenvalue weighted by Crippen LogP contribution is -2.15. The quantitative estimate of drug-likeness (QED) is 0.105. The third kappa shape index (κ3) is 30.2. The zero-order chi connectivity index (χ0) is 27.2. The molecule has 0 aliphatic rings.